The normalized spacial score (nSPS) is 15.2. The zero-order valence-electron chi connectivity index (χ0n) is 20.2. The number of aliphatic hydroxyl groups is 1. The highest BCUT2D eigenvalue weighted by Crippen LogP contribution is 2.36. The van der Waals surface area contributed by atoms with Gasteiger partial charge >= 0.3 is 0 Å². The second-order valence-electron chi connectivity index (χ2n) is 9.16. The molecule has 7 nitrogen and oxygen atoms in total. The summed E-state index contributed by atoms with van der Waals surface area (Å²) in [7, 11) is 3.43. The number of aromatic nitrogens is 1. The van der Waals surface area contributed by atoms with Gasteiger partial charge in [-0.05, 0) is 68.4 Å². The number of furan rings is 1. The van der Waals surface area contributed by atoms with Crippen molar-refractivity contribution in [3.05, 3.63) is 71.7 Å². The second-order valence-corrected chi connectivity index (χ2v) is 9.16. The summed E-state index contributed by atoms with van der Waals surface area (Å²) in [6, 6.07) is 16.4. The SMILES string of the molecule is CN(C)C(O)c1ccc(-c2cc3nccc(-c4ccc(NC5CCOCC5)c(C#N)c4)c3o2)c(F)c1. The summed E-state index contributed by atoms with van der Waals surface area (Å²) in [5, 5.41) is 23.5. The molecule has 4 aromatic rings. The van der Waals surface area contributed by atoms with E-state index in [1.54, 1.807) is 43.4 Å². The first-order valence-electron chi connectivity index (χ1n) is 11.9. The maximum Gasteiger partial charge on any atom is 0.161 e. The standard InChI is InChI=1S/C28H27FN4O3/c1-33(2)28(34)18-3-5-22(23(29)14-18)26-15-25-27(36-26)21(7-10-31-25)17-4-6-24(19(13-17)16-30)32-20-8-11-35-12-9-20/h3-7,10,13-15,20,28,32,34H,8-9,11-12H2,1-2H3. The molecule has 2 aromatic heterocycles. The van der Waals surface area contributed by atoms with E-state index in [9.17, 15) is 14.8 Å². The van der Waals surface area contributed by atoms with E-state index >= 15 is 0 Å². The third kappa shape index (κ3) is 4.69. The number of halogens is 1. The molecule has 0 saturated carbocycles. The van der Waals surface area contributed by atoms with Crippen LogP contribution in [0.1, 0.15) is 30.2 Å². The van der Waals surface area contributed by atoms with Crippen LogP contribution in [-0.4, -0.2) is 48.3 Å². The molecule has 0 spiro atoms. The zero-order chi connectivity index (χ0) is 25.2. The number of hydrogen-bond acceptors (Lipinski definition) is 7. The van der Waals surface area contributed by atoms with E-state index in [0.29, 0.717) is 41.2 Å². The number of fused-ring (bicyclic) bond motifs is 1. The third-order valence-electron chi connectivity index (χ3n) is 6.49. The Kier molecular flexibility index (Phi) is 6.70. The van der Waals surface area contributed by atoms with E-state index in [1.807, 2.05) is 24.3 Å². The molecule has 0 radical (unpaired) electrons. The van der Waals surface area contributed by atoms with Gasteiger partial charge in [0.25, 0.3) is 0 Å². The Bertz CT molecular complexity index is 1440. The van der Waals surface area contributed by atoms with Crippen molar-refractivity contribution in [1.29, 1.82) is 5.26 Å². The average molecular weight is 487 g/mol. The maximum atomic E-state index is 15.0. The Labute approximate surface area is 208 Å². The first-order valence-corrected chi connectivity index (χ1v) is 11.9. The smallest absolute Gasteiger partial charge is 0.161 e. The van der Waals surface area contributed by atoms with Crippen molar-refractivity contribution in [2.24, 2.45) is 0 Å². The highest BCUT2D eigenvalue weighted by atomic mass is 19.1. The van der Waals surface area contributed by atoms with Gasteiger partial charge in [0.15, 0.2) is 5.58 Å². The minimum absolute atomic E-state index is 0.275. The van der Waals surface area contributed by atoms with Crippen LogP contribution in [0.25, 0.3) is 33.6 Å². The summed E-state index contributed by atoms with van der Waals surface area (Å²) in [4.78, 5) is 5.99. The minimum atomic E-state index is -0.907. The van der Waals surface area contributed by atoms with E-state index in [-0.39, 0.29) is 11.6 Å². The van der Waals surface area contributed by atoms with Crippen molar-refractivity contribution >= 4 is 16.8 Å². The first kappa shape index (κ1) is 23.9. The van der Waals surface area contributed by atoms with Gasteiger partial charge in [-0.25, -0.2) is 4.39 Å². The van der Waals surface area contributed by atoms with Crippen LogP contribution < -0.4 is 5.32 Å². The predicted molar refractivity (Wildman–Crippen MR) is 136 cm³/mol. The van der Waals surface area contributed by atoms with Gasteiger partial charge in [0.1, 0.15) is 29.4 Å². The number of pyridine rings is 1. The van der Waals surface area contributed by atoms with Crippen molar-refractivity contribution in [1.82, 2.24) is 9.88 Å². The van der Waals surface area contributed by atoms with Gasteiger partial charge in [-0.3, -0.25) is 9.88 Å². The van der Waals surface area contributed by atoms with Crippen LogP contribution in [0, 0.1) is 17.1 Å². The second kappa shape index (κ2) is 10.1. The number of nitrogens with zero attached hydrogens (tertiary/aromatic N) is 3. The van der Waals surface area contributed by atoms with E-state index in [1.165, 1.54) is 6.07 Å². The summed E-state index contributed by atoms with van der Waals surface area (Å²) >= 11 is 0. The summed E-state index contributed by atoms with van der Waals surface area (Å²) < 4.78 is 26.5. The molecular formula is C28H27FN4O3. The molecule has 36 heavy (non-hydrogen) atoms. The lowest BCUT2D eigenvalue weighted by atomic mass is 10.0. The Morgan fingerprint density at radius 3 is 2.64 bits per heavy atom. The molecule has 1 aliphatic rings. The fourth-order valence-electron chi connectivity index (χ4n) is 4.48. The molecule has 2 N–H and O–H groups in total. The van der Waals surface area contributed by atoms with Crippen LogP contribution >= 0.6 is 0 Å². The molecule has 8 heteroatoms. The van der Waals surface area contributed by atoms with Crippen LogP contribution in [0.2, 0.25) is 0 Å². The average Bonchev–Trinajstić information content (AvgIpc) is 3.33. The van der Waals surface area contributed by atoms with Crippen LogP contribution in [0.15, 0.2) is 59.1 Å². The quantitative estimate of drug-likeness (QED) is 0.356. The lowest BCUT2D eigenvalue weighted by Crippen LogP contribution is -2.28. The number of ether oxygens (including phenoxy) is 1. The molecular weight excluding hydrogens is 459 g/mol. The monoisotopic (exact) mass is 486 g/mol. The van der Waals surface area contributed by atoms with Gasteiger partial charge in [0, 0.05) is 37.1 Å². The summed E-state index contributed by atoms with van der Waals surface area (Å²) in [5.74, 6) is -0.157. The highest BCUT2D eigenvalue weighted by molar-refractivity contribution is 5.93. The summed E-state index contributed by atoms with van der Waals surface area (Å²) in [6.45, 7) is 1.43. The highest BCUT2D eigenvalue weighted by Gasteiger charge is 2.19. The molecule has 1 saturated heterocycles. The van der Waals surface area contributed by atoms with E-state index in [4.69, 9.17) is 9.15 Å². The lowest BCUT2D eigenvalue weighted by Gasteiger charge is -2.24. The van der Waals surface area contributed by atoms with Gasteiger partial charge in [-0.15, -0.1) is 0 Å². The van der Waals surface area contributed by atoms with Crippen molar-refractivity contribution in [3.8, 4) is 28.5 Å². The minimum Gasteiger partial charge on any atom is -0.454 e. The number of rotatable bonds is 6. The molecule has 184 valence electrons. The number of aliphatic hydroxyl groups excluding tert-OH is 1. The van der Waals surface area contributed by atoms with Gasteiger partial charge in [-0.2, -0.15) is 5.26 Å². The van der Waals surface area contributed by atoms with Crippen LogP contribution in [-0.2, 0) is 4.74 Å². The van der Waals surface area contributed by atoms with Gasteiger partial charge in [0.2, 0.25) is 0 Å². The van der Waals surface area contributed by atoms with E-state index in [0.717, 1.165) is 29.7 Å². The van der Waals surface area contributed by atoms with Crippen LogP contribution in [0.4, 0.5) is 10.1 Å². The van der Waals surface area contributed by atoms with Crippen molar-refractivity contribution in [3.63, 3.8) is 0 Å². The lowest BCUT2D eigenvalue weighted by molar-refractivity contribution is 0.0393. The number of hydrogen-bond donors (Lipinski definition) is 2. The molecule has 2 aromatic carbocycles. The summed E-state index contributed by atoms with van der Waals surface area (Å²) in [6.07, 6.45) is 2.57. The molecule has 0 amide bonds. The number of benzene rings is 2. The molecule has 5 rings (SSSR count). The topological polar surface area (TPSA) is 94.5 Å². The Hall–Kier alpha value is -3.77. The molecule has 1 unspecified atom stereocenters. The molecule has 1 aliphatic heterocycles. The Balaban J connectivity index is 1.49. The molecule has 3 heterocycles. The van der Waals surface area contributed by atoms with Crippen molar-refractivity contribution in [2.45, 2.75) is 25.1 Å². The zero-order valence-corrected chi connectivity index (χ0v) is 20.2. The Morgan fingerprint density at radius 2 is 1.92 bits per heavy atom. The third-order valence-corrected chi connectivity index (χ3v) is 6.49. The number of nitrogens with one attached hydrogen (secondary N) is 1. The van der Waals surface area contributed by atoms with E-state index < -0.39 is 12.0 Å². The predicted octanol–water partition coefficient (Wildman–Crippen LogP) is 5.32. The first-order chi connectivity index (χ1) is 17.4. The van der Waals surface area contributed by atoms with E-state index in [2.05, 4.69) is 16.4 Å². The van der Waals surface area contributed by atoms with Crippen molar-refractivity contribution < 1.29 is 18.7 Å². The number of nitriles is 1. The molecule has 0 aliphatic carbocycles. The summed E-state index contributed by atoms with van der Waals surface area (Å²) in [5.41, 5.74) is 4.73. The largest absolute Gasteiger partial charge is 0.454 e. The number of anilines is 1. The van der Waals surface area contributed by atoms with Gasteiger partial charge in [-0.1, -0.05) is 12.1 Å². The van der Waals surface area contributed by atoms with Gasteiger partial charge in [0.05, 0.1) is 16.8 Å². The molecule has 1 fully saturated rings. The van der Waals surface area contributed by atoms with Crippen LogP contribution in [0.5, 0.6) is 0 Å². The van der Waals surface area contributed by atoms with Gasteiger partial charge < -0.3 is 19.6 Å². The maximum absolute atomic E-state index is 15.0. The fourth-order valence-corrected chi connectivity index (χ4v) is 4.48. The molecule has 0 bridgehead atoms. The van der Waals surface area contributed by atoms with Crippen molar-refractivity contribution in [2.75, 3.05) is 32.6 Å². The van der Waals surface area contributed by atoms with Crippen LogP contribution in [0.3, 0.4) is 0 Å². The Morgan fingerprint density at radius 1 is 1.11 bits per heavy atom. The fraction of sp³-hybridized carbons (Fsp3) is 0.286. The molecule has 1 atom stereocenters.